The van der Waals surface area contributed by atoms with Crippen LogP contribution >= 0.6 is 0 Å². The predicted molar refractivity (Wildman–Crippen MR) is 187 cm³/mol. The molecule has 4 nitrogen and oxygen atoms in total. The first-order valence-corrected chi connectivity index (χ1v) is 17.3. The molecule has 1 saturated carbocycles. The highest BCUT2D eigenvalue weighted by Gasteiger charge is 2.46. The van der Waals surface area contributed by atoms with Gasteiger partial charge in [-0.2, -0.15) is 0 Å². The van der Waals surface area contributed by atoms with Gasteiger partial charge < -0.3 is 19.5 Å². The molecule has 5 rings (SSSR count). The number of ether oxygens (including phenoxy) is 3. The molecule has 1 aliphatic carbocycles. The minimum atomic E-state index is -0.544. The molecule has 0 aromatic heterocycles. The summed E-state index contributed by atoms with van der Waals surface area (Å²) >= 11 is 0. The molecule has 3 aromatic carbocycles. The van der Waals surface area contributed by atoms with Gasteiger partial charge in [-0.3, -0.25) is 0 Å². The molecule has 45 heavy (non-hydrogen) atoms. The second kappa shape index (κ2) is 13.9. The summed E-state index contributed by atoms with van der Waals surface area (Å²) in [6.07, 6.45) is 7.38. The van der Waals surface area contributed by atoms with Gasteiger partial charge in [0, 0.05) is 24.4 Å². The average Bonchev–Trinajstić information content (AvgIpc) is 2.99. The van der Waals surface area contributed by atoms with Crippen LogP contribution in [0.1, 0.15) is 128 Å². The summed E-state index contributed by atoms with van der Waals surface area (Å²) in [5.74, 6) is 1.65. The van der Waals surface area contributed by atoms with E-state index < -0.39 is 5.60 Å². The largest absolute Gasteiger partial charge is 0.485 e. The van der Waals surface area contributed by atoms with Crippen LogP contribution in [0.5, 0.6) is 5.75 Å². The van der Waals surface area contributed by atoms with Crippen LogP contribution in [0.25, 0.3) is 0 Å². The van der Waals surface area contributed by atoms with Crippen LogP contribution in [0.15, 0.2) is 66.7 Å². The molecule has 2 atom stereocenters. The molecule has 0 bridgehead atoms. The summed E-state index contributed by atoms with van der Waals surface area (Å²) in [6, 6.07) is 24.2. The standard InChI is InChI=1S/C41H57NO3/c1-39(2,3)32-18-14-30(15-19-32)27-42-34-22-23-36-35(26-34)37(43-25-24-29-12-10-9-11-13-29)38(41(7,8)45-36)44-28-31-16-20-33(21-17-31)40(4,5)6/h14-23,26,29,37-38,42H,9-13,24-25,27-28H2,1-8H3. The van der Waals surface area contributed by atoms with Crippen LogP contribution in [0.2, 0.25) is 0 Å². The van der Waals surface area contributed by atoms with Gasteiger partial charge in [0.2, 0.25) is 0 Å². The van der Waals surface area contributed by atoms with Crippen molar-refractivity contribution in [1.29, 1.82) is 0 Å². The summed E-state index contributed by atoms with van der Waals surface area (Å²) in [6.45, 7) is 19.8. The monoisotopic (exact) mass is 611 g/mol. The third-order valence-electron chi connectivity index (χ3n) is 9.76. The smallest absolute Gasteiger partial charge is 0.132 e. The van der Waals surface area contributed by atoms with Crippen LogP contribution in [-0.4, -0.2) is 18.3 Å². The lowest BCUT2D eigenvalue weighted by molar-refractivity contribution is -0.168. The summed E-state index contributed by atoms with van der Waals surface area (Å²) in [7, 11) is 0. The maximum Gasteiger partial charge on any atom is 0.132 e. The zero-order valence-electron chi connectivity index (χ0n) is 29.2. The van der Waals surface area contributed by atoms with Crippen LogP contribution in [0, 0.1) is 5.92 Å². The molecule has 244 valence electrons. The van der Waals surface area contributed by atoms with E-state index in [1.807, 2.05) is 0 Å². The van der Waals surface area contributed by atoms with Crippen molar-refractivity contribution in [3.05, 3.63) is 94.5 Å². The molecular formula is C41H57NO3. The normalized spacial score (nSPS) is 20.4. The highest BCUT2D eigenvalue weighted by molar-refractivity contribution is 5.54. The molecule has 1 aliphatic heterocycles. The van der Waals surface area contributed by atoms with Crippen molar-refractivity contribution in [3.63, 3.8) is 0 Å². The summed E-state index contributed by atoms with van der Waals surface area (Å²) < 4.78 is 20.2. The highest BCUT2D eigenvalue weighted by Crippen LogP contribution is 2.45. The lowest BCUT2D eigenvalue weighted by atomic mass is 9.86. The first-order valence-electron chi connectivity index (χ1n) is 17.3. The molecule has 0 radical (unpaired) electrons. The number of benzene rings is 3. The quantitative estimate of drug-likeness (QED) is 0.248. The average molecular weight is 612 g/mol. The van der Waals surface area contributed by atoms with Crippen molar-refractivity contribution in [2.24, 2.45) is 5.92 Å². The SMILES string of the molecule is CC(C)(C)c1ccc(CNc2ccc3c(c2)C(OCCC2CCCCC2)C(OCc2ccc(C(C)(C)C)cc2)C(C)(C)O3)cc1. The van der Waals surface area contributed by atoms with E-state index in [1.54, 1.807) is 0 Å². The first kappa shape index (κ1) is 33.5. The van der Waals surface area contributed by atoms with Crippen molar-refractivity contribution < 1.29 is 14.2 Å². The van der Waals surface area contributed by atoms with Crippen LogP contribution in [-0.2, 0) is 33.5 Å². The minimum absolute atomic E-state index is 0.126. The fourth-order valence-corrected chi connectivity index (χ4v) is 6.76. The second-order valence-corrected chi connectivity index (χ2v) is 16.0. The molecule has 2 unspecified atom stereocenters. The molecule has 4 heteroatoms. The van der Waals surface area contributed by atoms with E-state index in [0.717, 1.165) is 42.5 Å². The number of hydrogen-bond donors (Lipinski definition) is 1. The van der Waals surface area contributed by atoms with Gasteiger partial charge in [-0.1, -0.05) is 122 Å². The van der Waals surface area contributed by atoms with E-state index in [2.05, 4.69) is 127 Å². The van der Waals surface area contributed by atoms with Crippen LogP contribution in [0.4, 0.5) is 5.69 Å². The van der Waals surface area contributed by atoms with Gasteiger partial charge >= 0.3 is 0 Å². The first-order chi connectivity index (χ1) is 21.3. The van der Waals surface area contributed by atoms with E-state index in [4.69, 9.17) is 14.2 Å². The lowest BCUT2D eigenvalue weighted by Gasteiger charge is -2.44. The zero-order valence-corrected chi connectivity index (χ0v) is 29.2. The fraction of sp³-hybridized carbons (Fsp3) is 0.561. The van der Waals surface area contributed by atoms with Crippen molar-refractivity contribution in [2.75, 3.05) is 11.9 Å². The Morgan fingerprint density at radius 3 is 1.96 bits per heavy atom. The van der Waals surface area contributed by atoms with Crippen molar-refractivity contribution in [1.82, 2.24) is 0 Å². The highest BCUT2D eigenvalue weighted by atomic mass is 16.6. The van der Waals surface area contributed by atoms with E-state index >= 15 is 0 Å². The second-order valence-electron chi connectivity index (χ2n) is 16.0. The minimum Gasteiger partial charge on any atom is -0.485 e. The van der Waals surface area contributed by atoms with E-state index in [0.29, 0.717) is 6.61 Å². The maximum atomic E-state index is 6.84. The van der Waals surface area contributed by atoms with Gasteiger partial charge in [0.1, 0.15) is 23.6 Å². The summed E-state index contributed by atoms with van der Waals surface area (Å²) in [4.78, 5) is 0. The van der Waals surface area contributed by atoms with Crippen LogP contribution in [0.3, 0.4) is 0 Å². The van der Waals surface area contributed by atoms with Crippen molar-refractivity contribution in [3.8, 4) is 5.75 Å². The van der Waals surface area contributed by atoms with Gasteiger partial charge in [-0.25, -0.2) is 0 Å². The lowest BCUT2D eigenvalue weighted by Crippen LogP contribution is -2.51. The van der Waals surface area contributed by atoms with Crippen molar-refractivity contribution in [2.45, 2.75) is 136 Å². The van der Waals surface area contributed by atoms with Gasteiger partial charge in [0.05, 0.1) is 6.61 Å². The summed E-state index contributed by atoms with van der Waals surface area (Å²) in [5.41, 5.74) is 6.97. The van der Waals surface area contributed by atoms with Gasteiger partial charge in [-0.05, 0) is 77.5 Å². The molecule has 0 spiro atoms. The molecule has 0 amide bonds. The third kappa shape index (κ3) is 8.71. The Kier molecular flexibility index (Phi) is 10.4. The Morgan fingerprint density at radius 1 is 0.756 bits per heavy atom. The van der Waals surface area contributed by atoms with Gasteiger partial charge in [0.15, 0.2) is 0 Å². The van der Waals surface area contributed by atoms with Crippen LogP contribution < -0.4 is 10.1 Å². The Bertz CT molecular complexity index is 1370. The Labute approximate surface area is 273 Å². The molecule has 2 aliphatic rings. The molecule has 1 heterocycles. The van der Waals surface area contributed by atoms with E-state index in [1.165, 1.54) is 54.4 Å². The molecular weight excluding hydrogens is 554 g/mol. The van der Waals surface area contributed by atoms with E-state index in [-0.39, 0.29) is 23.0 Å². The molecule has 0 saturated heterocycles. The number of hydrogen-bond acceptors (Lipinski definition) is 4. The number of rotatable bonds is 10. The molecule has 3 aromatic rings. The Balaban J connectivity index is 1.34. The number of anilines is 1. The third-order valence-corrected chi connectivity index (χ3v) is 9.76. The van der Waals surface area contributed by atoms with Gasteiger partial charge in [0.25, 0.3) is 0 Å². The van der Waals surface area contributed by atoms with Gasteiger partial charge in [-0.15, -0.1) is 0 Å². The van der Waals surface area contributed by atoms with E-state index in [9.17, 15) is 0 Å². The topological polar surface area (TPSA) is 39.7 Å². The molecule has 1 fully saturated rings. The number of fused-ring (bicyclic) bond motifs is 1. The maximum absolute atomic E-state index is 6.84. The Morgan fingerprint density at radius 2 is 1.36 bits per heavy atom. The Hall–Kier alpha value is -2.82. The summed E-state index contributed by atoms with van der Waals surface area (Å²) in [5, 5.41) is 3.66. The fourth-order valence-electron chi connectivity index (χ4n) is 6.76. The zero-order chi connectivity index (χ0) is 32.2. The number of nitrogens with one attached hydrogen (secondary N) is 1. The predicted octanol–water partition coefficient (Wildman–Crippen LogP) is 10.7. The molecule has 1 N–H and O–H groups in total. The van der Waals surface area contributed by atoms with Crippen molar-refractivity contribution >= 4 is 5.69 Å².